The average molecular weight is 462 g/mol. The minimum Gasteiger partial charge on any atom is -0.511 e. The molecule has 1 saturated carbocycles. The molecule has 5 rings (SSSR count). The number of para-hydroxylation sites is 2. The summed E-state index contributed by atoms with van der Waals surface area (Å²) in [7, 11) is 1.60. The van der Waals surface area contributed by atoms with E-state index in [1.54, 1.807) is 7.11 Å². The smallest absolute Gasteiger partial charge is 0.168 e. The van der Waals surface area contributed by atoms with Crippen LogP contribution in [0.4, 0.5) is 5.69 Å². The largest absolute Gasteiger partial charge is 0.511 e. The number of rotatable bonds is 5. The van der Waals surface area contributed by atoms with Gasteiger partial charge >= 0.3 is 0 Å². The number of aliphatic hydroxyl groups excluding tert-OH is 1. The van der Waals surface area contributed by atoms with E-state index < -0.39 is 0 Å². The van der Waals surface area contributed by atoms with Gasteiger partial charge in [-0.15, -0.1) is 0 Å². The van der Waals surface area contributed by atoms with Crippen molar-refractivity contribution in [3.05, 3.63) is 120 Å². The van der Waals surface area contributed by atoms with Crippen molar-refractivity contribution in [2.24, 2.45) is 4.99 Å². The predicted octanol–water partition coefficient (Wildman–Crippen LogP) is 7.12. The molecule has 1 unspecified atom stereocenters. The first-order chi connectivity index (χ1) is 17.1. The van der Waals surface area contributed by atoms with E-state index >= 15 is 0 Å². The van der Waals surface area contributed by atoms with Gasteiger partial charge in [-0.3, -0.25) is 4.79 Å². The zero-order valence-electron chi connectivity index (χ0n) is 19.6. The molecule has 0 bridgehead atoms. The molecule has 1 aliphatic rings. The second-order valence-electron chi connectivity index (χ2n) is 8.81. The molecule has 1 aliphatic carbocycles. The minimum atomic E-state index is -0.0866. The highest BCUT2D eigenvalue weighted by molar-refractivity contribution is 6.25. The van der Waals surface area contributed by atoms with Crippen molar-refractivity contribution in [3.8, 4) is 5.75 Å². The molecular weight excluding hydrogens is 434 g/mol. The average Bonchev–Trinajstić information content (AvgIpc) is 2.89. The van der Waals surface area contributed by atoms with Gasteiger partial charge in [-0.05, 0) is 46.4 Å². The molecule has 1 N–H and O–H groups in total. The van der Waals surface area contributed by atoms with Gasteiger partial charge < -0.3 is 9.84 Å². The van der Waals surface area contributed by atoms with Crippen LogP contribution in [0.15, 0.2) is 113 Å². The van der Waals surface area contributed by atoms with Gasteiger partial charge in [-0.2, -0.15) is 0 Å². The van der Waals surface area contributed by atoms with Gasteiger partial charge in [0.25, 0.3) is 0 Å². The van der Waals surface area contributed by atoms with Gasteiger partial charge in [0.2, 0.25) is 0 Å². The molecule has 4 aromatic rings. The molecule has 1 fully saturated rings. The van der Waals surface area contributed by atoms with E-state index in [0.717, 1.165) is 21.9 Å². The van der Waals surface area contributed by atoms with Gasteiger partial charge in [0.1, 0.15) is 17.2 Å². The monoisotopic (exact) mass is 461 g/mol. The Morgan fingerprint density at radius 1 is 0.886 bits per heavy atom. The topological polar surface area (TPSA) is 58.9 Å². The van der Waals surface area contributed by atoms with E-state index in [9.17, 15) is 9.90 Å². The molecule has 4 nitrogen and oxygen atoms in total. The summed E-state index contributed by atoms with van der Waals surface area (Å²) < 4.78 is 5.49. The Bertz CT molecular complexity index is 1430. The summed E-state index contributed by atoms with van der Waals surface area (Å²) in [5.41, 5.74) is 3.64. The first-order valence-electron chi connectivity index (χ1n) is 11.8. The molecule has 0 amide bonds. The van der Waals surface area contributed by atoms with Crippen LogP contribution in [0.3, 0.4) is 0 Å². The zero-order chi connectivity index (χ0) is 24.2. The third-order valence-corrected chi connectivity index (χ3v) is 6.58. The molecule has 4 aromatic carbocycles. The van der Waals surface area contributed by atoms with Crippen LogP contribution >= 0.6 is 0 Å². The van der Waals surface area contributed by atoms with Crippen LogP contribution in [0.5, 0.6) is 5.75 Å². The van der Waals surface area contributed by atoms with Crippen LogP contribution in [0.1, 0.15) is 29.9 Å². The number of carbonyl (C=O) groups is 1. The third kappa shape index (κ3) is 4.73. The Labute approximate surface area is 205 Å². The fourth-order valence-corrected chi connectivity index (χ4v) is 4.87. The molecular formula is C31H27NO3. The highest BCUT2D eigenvalue weighted by Crippen LogP contribution is 2.36. The lowest BCUT2D eigenvalue weighted by Crippen LogP contribution is -2.27. The molecule has 0 saturated heterocycles. The van der Waals surface area contributed by atoms with Crippen molar-refractivity contribution in [1.29, 1.82) is 0 Å². The number of hydrogen-bond donors (Lipinski definition) is 1. The van der Waals surface area contributed by atoms with E-state index in [4.69, 9.17) is 9.73 Å². The Balaban J connectivity index is 1.60. The van der Waals surface area contributed by atoms with Crippen molar-refractivity contribution in [3.63, 3.8) is 0 Å². The van der Waals surface area contributed by atoms with Crippen LogP contribution in [0.2, 0.25) is 0 Å². The first kappa shape index (κ1) is 22.6. The van der Waals surface area contributed by atoms with Crippen LogP contribution in [-0.4, -0.2) is 23.7 Å². The molecule has 0 aromatic heterocycles. The minimum absolute atomic E-state index is 0.00580. The maximum atomic E-state index is 13.5. The summed E-state index contributed by atoms with van der Waals surface area (Å²) in [5, 5.41) is 13.5. The lowest BCUT2D eigenvalue weighted by atomic mass is 9.78. The number of hydrogen-bond acceptors (Lipinski definition) is 4. The third-order valence-electron chi connectivity index (χ3n) is 6.58. The van der Waals surface area contributed by atoms with E-state index in [0.29, 0.717) is 35.6 Å². The fourth-order valence-electron chi connectivity index (χ4n) is 4.87. The predicted molar refractivity (Wildman–Crippen MR) is 141 cm³/mol. The summed E-state index contributed by atoms with van der Waals surface area (Å²) in [4.78, 5) is 18.4. The fraction of sp³-hybridized carbons (Fsp3) is 0.161. The number of benzene rings is 4. The van der Waals surface area contributed by atoms with Crippen LogP contribution in [-0.2, 0) is 11.2 Å². The number of Topliss-reactive ketones (excluding diaryl/α,β-unsaturated/α-hetero) is 1. The van der Waals surface area contributed by atoms with Gasteiger partial charge in [-0.1, -0.05) is 84.9 Å². The SMILES string of the molecule is COc1ccccc1N=C1CC(c2ccccc2)CC(=O)C1=C(O)Cc1cccc2ccccc12. The molecule has 4 heteroatoms. The number of methoxy groups -OCH3 is 1. The van der Waals surface area contributed by atoms with Gasteiger partial charge in [-0.25, -0.2) is 4.99 Å². The van der Waals surface area contributed by atoms with Crippen LogP contribution < -0.4 is 4.74 Å². The number of ketones is 1. The summed E-state index contributed by atoms with van der Waals surface area (Å²) in [6, 6.07) is 31.6. The first-order valence-corrected chi connectivity index (χ1v) is 11.8. The zero-order valence-corrected chi connectivity index (χ0v) is 19.6. The van der Waals surface area contributed by atoms with Crippen molar-refractivity contribution in [2.45, 2.75) is 25.2 Å². The van der Waals surface area contributed by atoms with E-state index in [1.165, 1.54) is 0 Å². The number of fused-ring (bicyclic) bond motifs is 1. The lowest BCUT2D eigenvalue weighted by Gasteiger charge is -2.26. The summed E-state index contributed by atoms with van der Waals surface area (Å²) >= 11 is 0. The quantitative estimate of drug-likeness (QED) is 0.254. The van der Waals surface area contributed by atoms with Gasteiger partial charge in [0.05, 0.1) is 18.4 Å². The Kier molecular flexibility index (Phi) is 6.44. The second-order valence-corrected chi connectivity index (χ2v) is 8.81. The molecule has 174 valence electrons. The number of allylic oxidation sites excluding steroid dienone is 2. The summed E-state index contributed by atoms with van der Waals surface area (Å²) in [5.74, 6) is 0.608. The highest BCUT2D eigenvalue weighted by Gasteiger charge is 2.32. The molecule has 0 spiro atoms. The maximum absolute atomic E-state index is 13.5. The lowest BCUT2D eigenvalue weighted by molar-refractivity contribution is -0.115. The number of aliphatic imine (C=N–C) groups is 1. The molecule has 0 radical (unpaired) electrons. The molecule has 0 heterocycles. The number of ether oxygens (including phenoxy) is 1. The van der Waals surface area contributed by atoms with Crippen LogP contribution in [0, 0.1) is 0 Å². The second kappa shape index (κ2) is 9.98. The number of carbonyl (C=O) groups excluding carboxylic acids is 1. The van der Waals surface area contributed by atoms with Crippen molar-refractivity contribution < 1.29 is 14.6 Å². The standard InChI is InChI=1S/C31H27NO3/c1-35-30-17-8-7-16-26(30)32-27-18-24(21-10-3-2-4-11-21)20-29(34)31(27)28(33)19-23-14-9-13-22-12-5-6-15-25(22)23/h2-17,24,33H,18-20H2,1H3. The Hall–Kier alpha value is -4.18. The van der Waals surface area contributed by atoms with E-state index in [2.05, 4.69) is 0 Å². The molecule has 0 aliphatic heterocycles. The Morgan fingerprint density at radius 3 is 2.43 bits per heavy atom. The molecule has 35 heavy (non-hydrogen) atoms. The van der Waals surface area contributed by atoms with Crippen molar-refractivity contribution in [1.82, 2.24) is 0 Å². The summed E-state index contributed by atoms with van der Waals surface area (Å²) in [6.07, 6.45) is 1.16. The van der Waals surface area contributed by atoms with Gasteiger partial charge in [0, 0.05) is 12.8 Å². The number of aliphatic hydroxyl groups is 1. The van der Waals surface area contributed by atoms with Gasteiger partial charge in [0.15, 0.2) is 5.78 Å². The van der Waals surface area contributed by atoms with Crippen molar-refractivity contribution in [2.75, 3.05) is 7.11 Å². The van der Waals surface area contributed by atoms with E-state index in [1.807, 2.05) is 97.1 Å². The normalized spacial score (nSPS) is 18.6. The van der Waals surface area contributed by atoms with E-state index in [-0.39, 0.29) is 23.9 Å². The van der Waals surface area contributed by atoms with Crippen LogP contribution in [0.25, 0.3) is 10.8 Å². The summed E-state index contributed by atoms with van der Waals surface area (Å²) in [6.45, 7) is 0. The van der Waals surface area contributed by atoms with Crippen molar-refractivity contribution >= 4 is 28.0 Å². The number of nitrogens with zero attached hydrogens (tertiary/aromatic N) is 1. The maximum Gasteiger partial charge on any atom is 0.168 e. The molecule has 1 atom stereocenters. The highest BCUT2D eigenvalue weighted by atomic mass is 16.5. The Morgan fingerprint density at radius 2 is 1.60 bits per heavy atom.